The average Bonchev–Trinajstić information content (AvgIpc) is 3.25. The molecular formula is C22H25FN4S. The van der Waals surface area contributed by atoms with Crippen molar-refractivity contribution in [1.29, 1.82) is 0 Å². The van der Waals surface area contributed by atoms with Crippen LogP contribution in [-0.4, -0.2) is 39.9 Å². The van der Waals surface area contributed by atoms with Crippen LogP contribution < -0.4 is 4.90 Å². The zero-order valence-electron chi connectivity index (χ0n) is 16.1. The first-order valence-corrected chi connectivity index (χ1v) is 11.0. The number of thioether (sulfide) groups is 1. The van der Waals surface area contributed by atoms with Crippen molar-refractivity contribution in [3.8, 4) is 0 Å². The van der Waals surface area contributed by atoms with E-state index in [1.54, 1.807) is 24.0 Å². The van der Waals surface area contributed by atoms with Crippen LogP contribution in [0.5, 0.6) is 0 Å². The predicted octanol–water partition coefficient (Wildman–Crippen LogP) is 4.80. The van der Waals surface area contributed by atoms with Gasteiger partial charge in [0.25, 0.3) is 0 Å². The molecule has 5 rings (SSSR count). The van der Waals surface area contributed by atoms with Crippen molar-refractivity contribution in [2.75, 3.05) is 24.5 Å². The molecule has 0 aliphatic carbocycles. The maximum absolute atomic E-state index is 15.4. The summed E-state index contributed by atoms with van der Waals surface area (Å²) < 4.78 is 15.4. The number of hydrogen-bond acceptors (Lipinski definition) is 5. The van der Waals surface area contributed by atoms with Gasteiger partial charge in [-0.2, -0.15) is 0 Å². The fraction of sp³-hybridized carbons (Fsp3) is 0.455. The topological polar surface area (TPSA) is 31.7 Å². The van der Waals surface area contributed by atoms with Crippen molar-refractivity contribution in [3.05, 3.63) is 59.7 Å². The molecular weight excluding hydrogens is 371 g/mol. The molecule has 2 saturated heterocycles. The fourth-order valence-electron chi connectivity index (χ4n) is 4.56. The van der Waals surface area contributed by atoms with Gasteiger partial charge in [0.05, 0.1) is 11.7 Å². The van der Waals surface area contributed by atoms with Crippen molar-refractivity contribution in [2.24, 2.45) is 4.99 Å². The maximum Gasteiger partial charge on any atom is 0.160 e. The lowest BCUT2D eigenvalue weighted by molar-refractivity contribution is 0.313. The minimum absolute atomic E-state index is 0.127. The van der Waals surface area contributed by atoms with Crippen molar-refractivity contribution >= 4 is 22.6 Å². The van der Waals surface area contributed by atoms with E-state index in [-0.39, 0.29) is 17.9 Å². The third-order valence-corrected chi connectivity index (χ3v) is 7.01. The highest BCUT2D eigenvalue weighted by Gasteiger charge is 2.44. The summed E-state index contributed by atoms with van der Waals surface area (Å²) in [7, 11) is 0. The molecule has 0 unspecified atom stereocenters. The lowest BCUT2D eigenvalue weighted by Gasteiger charge is -2.31. The predicted molar refractivity (Wildman–Crippen MR) is 113 cm³/mol. The molecule has 1 aromatic heterocycles. The second-order valence-corrected chi connectivity index (χ2v) is 9.30. The van der Waals surface area contributed by atoms with Gasteiger partial charge in [-0.05, 0) is 43.5 Å². The molecule has 1 aromatic carbocycles. The van der Waals surface area contributed by atoms with Crippen LogP contribution in [0.15, 0.2) is 47.6 Å². The number of nitrogens with zero attached hydrogens (tertiary/aromatic N) is 4. The Bertz CT molecular complexity index is 881. The third-order valence-electron chi connectivity index (χ3n) is 5.91. The Morgan fingerprint density at radius 1 is 1.11 bits per heavy atom. The van der Waals surface area contributed by atoms with Crippen LogP contribution >= 0.6 is 11.8 Å². The van der Waals surface area contributed by atoms with Gasteiger partial charge in [-0.3, -0.25) is 9.98 Å². The number of fused-ring (bicyclic) bond motifs is 1. The van der Waals surface area contributed by atoms with E-state index in [9.17, 15) is 0 Å². The molecule has 6 heteroatoms. The number of anilines is 1. The van der Waals surface area contributed by atoms with Gasteiger partial charge in [0.1, 0.15) is 11.9 Å². The van der Waals surface area contributed by atoms with Crippen molar-refractivity contribution in [1.82, 2.24) is 9.88 Å². The van der Waals surface area contributed by atoms with Crippen molar-refractivity contribution in [2.45, 2.75) is 43.5 Å². The van der Waals surface area contributed by atoms with Gasteiger partial charge in [0.2, 0.25) is 0 Å². The highest BCUT2D eigenvalue weighted by Crippen LogP contribution is 2.48. The normalized spacial score (nSPS) is 27.1. The summed E-state index contributed by atoms with van der Waals surface area (Å²) in [5.74, 6) is -0.130. The van der Waals surface area contributed by atoms with Crippen molar-refractivity contribution < 1.29 is 4.39 Å². The van der Waals surface area contributed by atoms with Gasteiger partial charge in [-0.25, -0.2) is 4.39 Å². The molecule has 0 saturated carbocycles. The summed E-state index contributed by atoms with van der Waals surface area (Å²) >= 11 is 1.78. The molecule has 0 bridgehead atoms. The number of hydrogen-bond donors (Lipinski definition) is 0. The molecule has 4 nitrogen and oxygen atoms in total. The molecule has 3 atom stereocenters. The summed E-state index contributed by atoms with van der Waals surface area (Å²) in [4.78, 5) is 14.1. The van der Waals surface area contributed by atoms with Crippen LogP contribution in [0, 0.1) is 5.82 Å². The molecule has 0 amide bonds. The van der Waals surface area contributed by atoms with Gasteiger partial charge < -0.3 is 9.80 Å². The van der Waals surface area contributed by atoms with Gasteiger partial charge in [0, 0.05) is 42.3 Å². The zero-order chi connectivity index (χ0) is 19.1. The Morgan fingerprint density at radius 2 is 1.96 bits per heavy atom. The summed E-state index contributed by atoms with van der Waals surface area (Å²) in [6, 6.07) is 11.4. The number of aliphatic imine (C=N–C) groups is 1. The number of pyridine rings is 1. The second-order valence-electron chi connectivity index (χ2n) is 7.89. The van der Waals surface area contributed by atoms with Crippen LogP contribution in [0.4, 0.5) is 10.1 Å². The molecule has 0 spiro atoms. The first kappa shape index (κ1) is 18.0. The van der Waals surface area contributed by atoms with Gasteiger partial charge in [-0.15, -0.1) is 0 Å². The summed E-state index contributed by atoms with van der Waals surface area (Å²) in [5, 5.41) is 1.49. The molecule has 0 radical (unpaired) electrons. The minimum atomic E-state index is -0.161. The molecule has 0 N–H and O–H groups in total. The summed E-state index contributed by atoms with van der Waals surface area (Å²) in [6.07, 6.45) is 5.44. The lowest BCUT2D eigenvalue weighted by Crippen LogP contribution is -2.31. The molecule has 2 aromatic rings. The Kier molecular flexibility index (Phi) is 4.75. The van der Waals surface area contributed by atoms with Crippen LogP contribution in [0.1, 0.15) is 49.5 Å². The average molecular weight is 397 g/mol. The van der Waals surface area contributed by atoms with E-state index in [2.05, 4.69) is 27.8 Å². The van der Waals surface area contributed by atoms with E-state index in [0.717, 1.165) is 41.7 Å². The molecule has 3 aliphatic heterocycles. The molecule has 28 heavy (non-hydrogen) atoms. The van der Waals surface area contributed by atoms with E-state index in [0.29, 0.717) is 5.25 Å². The smallest absolute Gasteiger partial charge is 0.160 e. The number of rotatable bonds is 3. The Hall–Kier alpha value is -2.08. The maximum atomic E-state index is 15.4. The number of piperidine rings is 1. The van der Waals surface area contributed by atoms with Crippen LogP contribution in [0.3, 0.4) is 0 Å². The highest BCUT2D eigenvalue weighted by atomic mass is 32.2. The highest BCUT2D eigenvalue weighted by molar-refractivity contribution is 8.14. The first-order chi connectivity index (χ1) is 13.7. The second kappa shape index (κ2) is 7.39. The minimum Gasteiger partial charge on any atom is -0.371 e. The van der Waals surface area contributed by atoms with E-state index in [1.807, 2.05) is 24.3 Å². The van der Waals surface area contributed by atoms with Gasteiger partial charge >= 0.3 is 0 Å². The number of benzene rings is 1. The van der Waals surface area contributed by atoms with Crippen LogP contribution in [0.2, 0.25) is 0 Å². The Balaban J connectivity index is 1.50. The number of halogens is 1. The van der Waals surface area contributed by atoms with Crippen LogP contribution in [-0.2, 0) is 0 Å². The largest absolute Gasteiger partial charge is 0.371 e. The van der Waals surface area contributed by atoms with Gasteiger partial charge in [-0.1, -0.05) is 30.8 Å². The van der Waals surface area contributed by atoms with Gasteiger partial charge in [0.15, 0.2) is 5.17 Å². The molecule has 3 aliphatic rings. The van der Waals surface area contributed by atoms with Crippen molar-refractivity contribution in [3.63, 3.8) is 0 Å². The standard InChI is InChI=1S/C22H25FN4S/c1-15-14-27-21(20(25-22(27)28-15)19-7-3-4-10-24-19)17-9-8-16(13-18(17)23)26-11-5-2-6-12-26/h3-4,7-10,13,15,20-21H,2,5-6,11-12,14H2,1H3/t15-,20-,21+/m1/s1. The van der Waals surface area contributed by atoms with Crippen LogP contribution in [0.25, 0.3) is 0 Å². The first-order valence-electron chi connectivity index (χ1n) is 10.2. The number of aromatic nitrogens is 1. The summed E-state index contributed by atoms with van der Waals surface area (Å²) in [6.45, 7) is 5.14. The Labute approximate surface area is 169 Å². The SMILES string of the molecule is C[C@@H]1CN2C(=N[C@H](c3ccccn3)[C@@H]2c2ccc(N3CCCCC3)cc2F)S1. The lowest BCUT2D eigenvalue weighted by atomic mass is 9.95. The monoisotopic (exact) mass is 396 g/mol. The molecule has 2 fully saturated rings. The zero-order valence-corrected chi connectivity index (χ0v) is 16.9. The molecule has 4 heterocycles. The van der Waals surface area contributed by atoms with E-state index < -0.39 is 0 Å². The number of amidine groups is 1. The summed E-state index contributed by atoms with van der Waals surface area (Å²) in [5.41, 5.74) is 2.63. The quantitative estimate of drug-likeness (QED) is 0.746. The third kappa shape index (κ3) is 3.17. The molecule has 146 valence electrons. The fourth-order valence-corrected chi connectivity index (χ4v) is 5.65. The van der Waals surface area contributed by atoms with E-state index in [1.165, 1.54) is 19.3 Å². The Morgan fingerprint density at radius 3 is 2.71 bits per heavy atom. The van der Waals surface area contributed by atoms with E-state index in [4.69, 9.17) is 4.99 Å². The van der Waals surface area contributed by atoms with E-state index >= 15 is 4.39 Å².